The van der Waals surface area contributed by atoms with Crippen LogP contribution in [0.15, 0.2) is 42.5 Å². The van der Waals surface area contributed by atoms with Gasteiger partial charge in [-0.2, -0.15) is 0 Å². The molecule has 0 aliphatic carbocycles. The van der Waals surface area contributed by atoms with E-state index in [1.54, 1.807) is 6.07 Å². The number of hydrogen-bond acceptors (Lipinski definition) is 1. The van der Waals surface area contributed by atoms with E-state index in [2.05, 4.69) is 19.2 Å². The second-order valence-corrected chi connectivity index (χ2v) is 6.29. The molecular formula is C17H18Cl3N. The molecule has 4 heteroatoms. The Labute approximate surface area is 141 Å². The van der Waals surface area contributed by atoms with Gasteiger partial charge in [-0.1, -0.05) is 66.0 Å². The van der Waals surface area contributed by atoms with Gasteiger partial charge in [0.2, 0.25) is 0 Å². The quantitative estimate of drug-likeness (QED) is 0.658. The smallest absolute Gasteiger partial charge is 0.0468 e. The second-order valence-electron chi connectivity index (χ2n) is 5.04. The molecule has 1 nitrogen and oxygen atoms in total. The lowest BCUT2D eigenvalue weighted by atomic mass is 10.0. The predicted octanol–water partition coefficient (Wildman–Crippen LogP) is 6.45. The van der Waals surface area contributed by atoms with Crippen molar-refractivity contribution >= 4 is 34.8 Å². The second kappa shape index (κ2) is 7.51. The first kappa shape index (κ1) is 16.6. The van der Waals surface area contributed by atoms with Gasteiger partial charge >= 0.3 is 0 Å². The summed E-state index contributed by atoms with van der Waals surface area (Å²) >= 11 is 18.5. The fourth-order valence-corrected chi connectivity index (χ4v) is 3.27. The molecule has 0 heterocycles. The van der Waals surface area contributed by atoms with Crippen LogP contribution in [0.25, 0.3) is 0 Å². The lowest BCUT2D eigenvalue weighted by Gasteiger charge is -2.24. The van der Waals surface area contributed by atoms with Crippen LogP contribution in [0.2, 0.25) is 15.1 Å². The van der Waals surface area contributed by atoms with E-state index in [-0.39, 0.29) is 12.1 Å². The zero-order valence-corrected chi connectivity index (χ0v) is 14.3. The van der Waals surface area contributed by atoms with Crippen LogP contribution in [0.1, 0.15) is 43.5 Å². The molecule has 0 aliphatic heterocycles. The zero-order chi connectivity index (χ0) is 15.4. The third kappa shape index (κ3) is 4.14. The molecule has 0 aliphatic rings. The van der Waals surface area contributed by atoms with Gasteiger partial charge < -0.3 is 5.32 Å². The van der Waals surface area contributed by atoms with Crippen LogP contribution in [-0.2, 0) is 0 Å². The molecule has 0 aromatic heterocycles. The maximum Gasteiger partial charge on any atom is 0.0468 e. The SMILES string of the molecule is CCC(NC(C)c1ccccc1Cl)c1ccc(Cl)cc1Cl. The first-order chi connectivity index (χ1) is 10.0. The van der Waals surface area contributed by atoms with Crippen molar-refractivity contribution < 1.29 is 0 Å². The highest BCUT2D eigenvalue weighted by Gasteiger charge is 2.17. The van der Waals surface area contributed by atoms with E-state index >= 15 is 0 Å². The van der Waals surface area contributed by atoms with Crippen LogP contribution in [0.5, 0.6) is 0 Å². The molecule has 2 atom stereocenters. The third-order valence-electron chi connectivity index (χ3n) is 3.57. The highest BCUT2D eigenvalue weighted by molar-refractivity contribution is 6.35. The van der Waals surface area contributed by atoms with E-state index in [1.807, 2.05) is 36.4 Å². The Balaban J connectivity index is 2.21. The van der Waals surface area contributed by atoms with Gasteiger partial charge in [-0.3, -0.25) is 0 Å². The lowest BCUT2D eigenvalue weighted by molar-refractivity contribution is 0.456. The van der Waals surface area contributed by atoms with Gasteiger partial charge in [-0.25, -0.2) is 0 Å². The van der Waals surface area contributed by atoms with Crippen LogP contribution in [0, 0.1) is 0 Å². The molecule has 21 heavy (non-hydrogen) atoms. The molecule has 0 radical (unpaired) electrons. The average Bonchev–Trinajstić information content (AvgIpc) is 2.45. The van der Waals surface area contributed by atoms with Crippen molar-refractivity contribution in [3.05, 3.63) is 68.7 Å². The van der Waals surface area contributed by atoms with Gasteiger partial charge in [-0.05, 0) is 42.7 Å². The van der Waals surface area contributed by atoms with E-state index < -0.39 is 0 Å². The molecule has 0 saturated carbocycles. The average molecular weight is 343 g/mol. The van der Waals surface area contributed by atoms with Crippen molar-refractivity contribution in [2.75, 3.05) is 0 Å². The lowest BCUT2D eigenvalue weighted by Crippen LogP contribution is -2.24. The first-order valence-electron chi connectivity index (χ1n) is 6.98. The minimum atomic E-state index is 0.135. The molecule has 2 aromatic rings. The number of benzene rings is 2. The van der Waals surface area contributed by atoms with Crippen molar-refractivity contribution in [3.63, 3.8) is 0 Å². The van der Waals surface area contributed by atoms with Crippen molar-refractivity contribution in [3.8, 4) is 0 Å². The summed E-state index contributed by atoms with van der Waals surface area (Å²) in [5, 5.41) is 5.70. The van der Waals surface area contributed by atoms with Crippen molar-refractivity contribution in [1.29, 1.82) is 0 Å². The fourth-order valence-electron chi connectivity index (χ4n) is 2.43. The molecule has 2 aromatic carbocycles. The maximum atomic E-state index is 6.31. The molecular weight excluding hydrogens is 325 g/mol. The van der Waals surface area contributed by atoms with Crippen LogP contribution in [0.3, 0.4) is 0 Å². The summed E-state index contributed by atoms with van der Waals surface area (Å²) in [5.74, 6) is 0. The summed E-state index contributed by atoms with van der Waals surface area (Å²) < 4.78 is 0. The van der Waals surface area contributed by atoms with Crippen LogP contribution >= 0.6 is 34.8 Å². The van der Waals surface area contributed by atoms with E-state index in [0.29, 0.717) is 10.0 Å². The number of halogens is 3. The largest absolute Gasteiger partial charge is 0.303 e. The summed E-state index contributed by atoms with van der Waals surface area (Å²) in [5.41, 5.74) is 2.14. The summed E-state index contributed by atoms with van der Waals surface area (Å²) in [7, 11) is 0. The van der Waals surface area contributed by atoms with E-state index in [1.165, 1.54) is 0 Å². The summed E-state index contributed by atoms with van der Waals surface area (Å²) in [6.45, 7) is 4.23. The molecule has 112 valence electrons. The number of nitrogens with one attached hydrogen (secondary N) is 1. The summed E-state index contributed by atoms with van der Waals surface area (Å²) in [4.78, 5) is 0. The Bertz CT molecular complexity index is 613. The summed E-state index contributed by atoms with van der Waals surface area (Å²) in [6, 6.07) is 13.8. The molecule has 1 N–H and O–H groups in total. The number of rotatable bonds is 5. The minimum Gasteiger partial charge on any atom is -0.303 e. The molecule has 0 amide bonds. The van der Waals surface area contributed by atoms with Gasteiger partial charge in [0.05, 0.1) is 0 Å². The van der Waals surface area contributed by atoms with E-state index in [4.69, 9.17) is 34.8 Å². The molecule has 0 spiro atoms. The van der Waals surface area contributed by atoms with Crippen LogP contribution < -0.4 is 5.32 Å². The van der Waals surface area contributed by atoms with Gasteiger partial charge in [0.25, 0.3) is 0 Å². The summed E-state index contributed by atoms with van der Waals surface area (Å²) in [6.07, 6.45) is 0.927. The maximum absolute atomic E-state index is 6.31. The Kier molecular flexibility index (Phi) is 5.95. The monoisotopic (exact) mass is 341 g/mol. The molecule has 0 saturated heterocycles. The van der Waals surface area contributed by atoms with Gasteiger partial charge in [0.1, 0.15) is 0 Å². The first-order valence-corrected chi connectivity index (χ1v) is 8.11. The highest BCUT2D eigenvalue weighted by Crippen LogP contribution is 2.31. The Hall–Kier alpha value is -0.730. The minimum absolute atomic E-state index is 0.135. The van der Waals surface area contributed by atoms with Crippen molar-refractivity contribution in [2.24, 2.45) is 0 Å². The standard InChI is InChI=1S/C17H18Cl3N/c1-3-17(14-9-8-12(18)10-16(14)20)21-11(2)13-6-4-5-7-15(13)19/h4-11,17,21H,3H2,1-2H3. The zero-order valence-electron chi connectivity index (χ0n) is 12.0. The van der Waals surface area contributed by atoms with Crippen molar-refractivity contribution in [2.45, 2.75) is 32.4 Å². The molecule has 0 fully saturated rings. The van der Waals surface area contributed by atoms with E-state index in [9.17, 15) is 0 Å². The van der Waals surface area contributed by atoms with Crippen molar-refractivity contribution in [1.82, 2.24) is 5.32 Å². The normalized spacial score (nSPS) is 14.0. The Morgan fingerprint density at radius 1 is 0.952 bits per heavy atom. The number of hydrogen-bond donors (Lipinski definition) is 1. The van der Waals surface area contributed by atoms with Gasteiger partial charge in [-0.15, -0.1) is 0 Å². The van der Waals surface area contributed by atoms with Gasteiger partial charge in [0.15, 0.2) is 0 Å². The van der Waals surface area contributed by atoms with Gasteiger partial charge in [0, 0.05) is 27.2 Å². The van der Waals surface area contributed by atoms with Crippen LogP contribution in [0.4, 0.5) is 0 Å². The Morgan fingerprint density at radius 2 is 1.67 bits per heavy atom. The predicted molar refractivity (Wildman–Crippen MR) is 92.5 cm³/mol. The fraction of sp³-hybridized carbons (Fsp3) is 0.294. The molecule has 2 rings (SSSR count). The topological polar surface area (TPSA) is 12.0 Å². The van der Waals surface area contributed by atoms with Crippen LogP contribution in [-0.4, -0.2) is 0 Å². The molecule has 2 unspecified atom stereocenters. The van der Waals surface area contributed by atoms with E-state index in [0.717, 1.165) is 22.6 Å². The Morgan fingerprint density at radius 3 is 2.29 bits per heavy atom. The highest BCUT2D eigenvalue weighted by atomic mass is 35.5. The molecule has 0 bridgehead atoms. The third-order valence-corrected chi connectivity index (χ3v) is 4.48.